The van der Waals surface area contributed by atoms with E-state index in [1.165, 1.54) is 35.4 Å². The van der Waals surface area contributed by atoms with Crippen molar-refractivity contribution < 1.29 is 9.90 Å². The topological polar surface area (TPSA) is 88.0 Å². The average Bonchev–Trinajstić information content (AvgIpc) is 3.02. The second kappa shape index (κ2) is 6.43. The van der Waals surface area contributed by atoms with E-state index in [1.54, 1.807) is 6.07 Å². The first-order valence-corrected chi connectivity index (χ1v) is 8.08. The van der Waals surface area contributed by atoms with Gasteiger partial charge in [-0.1, -0.05) is 39.1 Å². The number of aromatic amines is 1. The second-order valence-corrected chi connectivity index (χ2v) is 6.49. The maximum Gasteiger partial charge on any atom is 0.269 e. The van der Waals surface area contributed by atoms with E-state index in [-0.39, 0.29) is 32.6 Å². The van der Waals surface area contributed by atoms with Crippen LogP contribution < -0.4 is 5.56 Å². The predicted octanol–water partition coefficient (Wildman–Crippen LogP) is 3.57. The summed E-state index contributed by atoms with van der Waals surface area (Å²) >= 11 is 15.3. The molecule has 2 aromatic heterocycles. The van der Waals surface area contributed by atoms with Crippen LogP contribution in [0.4, 0.5) is 0 Å². The van der Waals surface area contributed by atoms with Gasteiger partial charge in [0.1, 0.15) is 16.5 Å². The molecule has 0 unspecified atom stereocenters. The number of carbonyl (C=O) groups excluding carboxylic acids is 1. The maximum absolute atomic E-state index is 12.5. The van der Waals surface area contributed by atoms with Crippen molar-refractivity contribution in [2.24, 2.45) is 0 Å². The van der Waals surface area contributed by atoms with E-state index in [2.05, 4.69) is 26.0 Å². The monoisotopic (exact) mass is 427 g/mol. The third-order valence-electron chi connectivity index (χ3n) is 3.24. The lowest BCUT2D eigenvalue weighted by atomic mass is 10.1. The molecule has 0 fully saturated rings. The molecule has 0 aliphatic rings. The van der Waals surface area contributed by atoms with Crippen LogP contribution in [0.2, 0.25) is 10.0 Å². The molecule has 3 rings (SSSR count). The Balaban J connectivity index is 2.06. The number of hydrogen-bond acceptors (Lipinski definition) is 4. The number of phenols is 1. The second-order valence-electron chi connectivity index (χ2n) is 4.79. The number of pyridine rings is 1. The minimum Gasteiger partial charge on any atom is -0.507 e. The van der Waals surface area contributed by atoms with Crippen LogP contribution in [0.15, 0.2) is 46.1 Å². The summed E-state index contributed by atoms with van der Waals surface area (Å²) in [5.74, 6) is -0.583. The molecular weight excluding hydrogens is 421 g/mol. The number of aromatic hydroxyl groups is 1. The standard InChI is InChI=1S/C15H8BrCl2N3O3/c16-8-1-2-11(22)9(3-8)14(23)7-4-20-21(6-7)13-10(17)5-19-15(24)12(13)18/h1-6,22H,(H,19,24). The Hall–Kier alpha value is -2.09. The number of ketones is 1. The van der Waals surface area contributed by atoms with Gasteiger partial charge in [-0.15, -0.1) is 0 Å². The Morgan fingerprint density at radius 1 is 1.33 bits per heavy atom. The fourth-order valence-corrected chi connectivity index (χ4v) is 2.98. The van der Waals surface area contributed by atoms with Crippen molar-refractivity contribution in [1.82, 2.24) is 14.8 Å². The van der Waals surface area contributed by atoms with Gasteiger partial charge in [0.2, 0.25) is 0 Å². The van der Waals surface area contributed by atoms with Crippen molar-refractivity contribution in [1.29, 1.82) is 0 Å². The van der Waals surface area contributed by atoms with E-state index in [4.69, 9.17) is 23.2 Å². The molecule has 2 heterocycles. The molecule has 6 nitrogen and oxygen atoms in total. The minimum absolute atomic E-state index is 0.118. The fourth-order valence-electron chi connectivity index (χ4n) is 2.09. The van der Waals surface area contributed by atoms with Crippen molar-refractivity contribution in [3.05, 3.63) is 72.8 Å². The van der Waals surface area contributed by atoms with E-state index in [0.29, 0.717) is 4.47 Å². The van der Waals surface area contributed by atoms with Crippen LogP contribution in [0.1, 0.15) is 15.9 Å². The zero-order valence-electron chi connectivity index (χ0n) is 11.8. The van der Waals surface area contributed by atoms with Gasteiger partial charge in [0, 0.05) is 16.9 Å². The number of benzene rings is 1. The molecule has 0 aliphatic carbocycles. The smallest absolute Gasteiger partial charge is 0.269 e. The lowest BCUT2D eigenvalue weighted by Crippen LogP contribution is -2.10. The number of nitrogens with one attached hydrogen (secondary N) is 1. The number of aromatic nitrogens is 3. The Kier molecular flexibility index (Phi) is 4.49. The van der Waals surface area contributed by atoms with Crippen molar-refractivity contribution in [3.63, 3.8) is 0 Å². The molecular formula is C15H8BrCl2N3O3. The van der Waals surface area contributed by atoms with Gasteiger partial charge in [-0.05, 0) is 18.2 Å². The maximum atomic E-state index is 12.5. The summed E-state index contributed by atoms with van der Waals surface area (Å²) in [5, 5.41) is 13.9. The molecule has 0 saturated carbocycles. The van der Waals surface area contributed by atoms with Gasteiger partial charge in [-0.25, -0.2) is 4.68 Å². The zero-order chi connectivity index (χ0) is 17.4. The van der Waals surface area contributed by atoms with Crippen LogP contribution in [0.5, 0.6) is 5.75 Å². The van der Waals surface area contributed by atoms with Crippen LogP contribution in [0.3, 0.4) is 0 Å². The van der Waals surface area contributed by atoms with Gasteiger partial charge in [-0.2, -0.15) is 5.10 Å². The van der Waals surface area contributed by atoms with Gasteiger partial charge in [0.25, 0.3) is 5.56 Å². The number of nitrogens with zero attached hydrogens (tertiary/aromatic N) is 2. The SMILES string of the molecule is O=C(c1cnn(-c2c(Cl)c[nH]c(=O)c2Cl)c1)c1cc(Br)ccc1O. The molecule has 122 valence electrons. The zero-order valence-corrected chi connectivity index (χ0v) is 14.9. The van der Waals surface area contributed by atoms with Gasteiger partial charge in [-0.3, -0.25) is 9.59 Å². The lowest BCUT2D eigenvalue weighted by Gasteiger charge is -2.05. The molecule has 0 bridgehead atoms. The first-order chi connectivity index (χ1) is 11.4. The molecule has 0 radical (unpaired) electrons. The number of carbonyl (C=O) groups is 1. The van der Waals surface area contributed by atoms with Crippen LogP contribution in [-0.4, -0.2) is 25.7 Å². The molecule has 3 aromatic rings. The van der Waals surface area contributed by atoms with Crippen LogP contribution >= 0.6 is 39.1 Å². The van der Waals surface area contributed by atoms with Crippen LogP contribution in [0.25, 0.3) is 5.69 Å². The van der Waals surface area contributed by atoms with Gasteiger partial charge in [0.15, 0.2) is 5.78 Å². The van der Waals surface area contributed by atoms with Crippen molar-refractivity contribution in [2.75, 3.05) is 0 Å². The molecule has 0 aliphatic heterocycles. The third kappa shape index (κ3) is 2.98. The molecule has 0 amide bonds. The molecule has 0 saturated heterocycles. The predicted molar refractivity (Wildman–Crippen MR) is 93.4 cm³/mol. The van der Waals surface area contributed by atoms with Crippen molar-refractivity contribution in [3.8, 4) is 11.4 Å². The third-order valence-corrected chi connectivity index (χ3v) is 4.37. The molecule has 0 atom stereocenters. The van der Waals surface area contributed by atoms with Crippen LogP contribution in [-0.2, 0) is 0 Å². The Labute approximate surface area is 153 Å². The first kappa shape index (κ1) is 16.8. The minimum atomic E-state index is -0.524. The summed E-state index contributed by atoms with van der Waals surface area (Å²) in [6.07, 6.45) is 3.97. The van der Waals surface area contributed by atoms with Gasteiger partial charge in [0.05, 0.1) is 22.3 Å². The summed E-state index contributed by atoms with van der Waals surface area (Å²) in [7, 11) is 0. The summed E-state index contributed by atoms with van der Waals surface area (Å²) in [6.45, 7) is 0. The number of hydrogen-bond donors (Lipinski definition) is 2. The van der Waals surface area contributed by atoms with Gasteiger partial charge < -0.3 is 10.1 Å². The molecule has 9 heteroatoms. The van der Waals surface area contributed by atoms with Crippen LogP contribution in [0, 0.1) is 0 Å². The van der Waals surface area contributed by atoms with Crippen molar-refractivity contribution in [2.45, 2.75) is 0 Å². The number of phenolic OH excluding ortho intramolecular Hbond substituents is 1. The fraction of sp³-hybridized carbons (Fsp3) is 0. The summed E-state index contributed by atoms with van der Waals surface area (Å²) < 4.78 is 1.89. The highest BCUT2D eigenvalue weighted by molar-refractivity contribution is 9.10. The summed E-state index contributed by atoms with van der Waals surface area (Å²) in [4.78, 5) is 26.5. The highest BCUT2D eigenvalue weighted by Crippen LogP contribution is 2.27. The highest BCUT2D eigenvalue weighted by Gasteiger charge is 2.18. The number of H-pyrrole nitrogens is 1. The molecule has 1 aromatic carbocycles. The normalized spacial score (nSPS) is 10.8. The molecule has 24 heavy (non-hydrogen) atoms. The largest absolute Gasteiger partial charge is 0.507 e. The molecule has 0 spiro atoms. The Morgan fingerprint density at radius 2 is 2.08 bits per heavy atom. The summed E-state index contributed by atoms with van der Waals surface area (Å²) in [5.41, 5.74) is -0.0356. The highest BCUT2D eigenvalue weighted by atomic mass is 79.9. The lowest BCUT2D eigenvalue weighted by molar-refractivity contribution is 0.103. The summed E-state index contributed by atoms with van der Waals surface area (Å²) in [6, 6.07) is 4.53. The van der Waals surface area contributed by atoms with E-state index in [9.17, 15) is 14.7 Å². The Morgan fingerprint density at radius 3 is 2.83 bits per heavy atom. The number of rotatable bonds is 3. The first-order valence-electron chi connectivity index (χ1n) is 6.53. The van der Waals surface area contributed by atoms with Gasteiger partial charge >= 0.3 is 0 Å². The quantitative estimate of drug-likeness (QED) is 0.624. The Bertz CT molecular complexity index is 1010. The van der Waals surface area contributed by atoms with E-state index < -0.39 is 11.3 Å². The number of halogens is 3. The van der Waals surface area contributed by atoms with E-state index >= 15 is 0 Å². The van der Waals surface area contributed by atoms with E-state index in [0.717, 1.165) is 0 Å². The average molecular weight is 429 g/mol. The molecule has 2 N–H and O–H groups in total. The van der Waals surface area contributed by atoms with Crippen molar-refractivity contribution >= 4 is 44.9 Å². The van der Waals surface area contributed by atoms with E-state index in [1.807, 2.05) is 0 Å².